The summed E-state index contributed by atoms with van der Waals surface area (Å²) in [6.07, 6.45) is 4.60. The highest BCUT2D eigenvalue weighted by molar-refractivity contribution is 5.95. The minimum atomic E-state index is 0.0715. The fourth-order valence-electron chi connectivity index (χ4n) is 2.59. The molecule has 0 saturated heterocycles. The molecular weight excluding hydrogens is 248 g/mol. The molecule has 1 aliphatic carbocycles. The third-order valence-electron chi connectivity index (χ3n) is 3.92. The number of carbonyl (C=O) groups is 1. The van der Waals surface area contributed by atoms with E-state index in [4.69, 9.17) is 5.26 Å². The molecule has 0 spiro atoms. The molecule has 1 N–H and O–H groups in total. The lowest BCUT2D eigenvalue weighted by molar-refractivity contribution is -0.117. The molecule has 1 aromatic carbocycles. The van der Waals surface area contributed by atoms with Crippen LogP contribution in [0.4, 0.5) is 5.69 Å². The molecule has 2 rings (SSSR count). The standard InChI is InChI=1S/C17H22N2O/c1-12(2)6-5-8-13-10-15(13)17(20)19-16-9-4-3-7-14(16)11-18/h3-4,7,9,12-13,15H,5-6,8,10H2,1-2H3,(H,19,20)/t13-,15+/m0/s1. The van der Waals surface area contributed by atoms with Gasteiger partial charge in [0.2, 0.25) is 5.91 Å². The minimum Gasteiger partial charge on any atom is -0.325 e. The Balaban J connectivity index is 1.81. The normalized spacial score (nSPS) is 20.5. The van der Waals surface area contributed by atoms with Gasteiger partial charge in [-0.15, -0.1) is 0 Å². The number of nitriles is 1. The lowest BCUT2D eigenvalue weighted by Gasteiger charge is -2.07. The van der Waals surface area contributed by atoms with E-state index >= 15 is 0 Å². The SMILES string of the molecule is CC(C)CCC[C@H]1C[C@H]1C(=O)Nc1ccccc1C#N. The molecule has 1 aliphatic rings. The second-order valence-corrected chi connectivity index (χ2v) is 6.07. The van der Waals surface area contributed by atoms with E-state index in [-0.39, 0.29) is 11.8 Å². The summed E-state index contributed by atoms with van der Waals surface area (Å²) < 4.78 is 0. The number of benzene rings is 1. The Bertz CT molecular complexity index is 516. The monoisotopic (exact) mass is 270 g/mol. The van der Waals surface area contributed by atoms with Crippen LogP contribution in [0.25, 0.3) is 0 Å². The summed E-state index contributed by atoms with van der Waals surface area (Å²) in [6, 6.07) is 9.26. The van der Waals surface area contributed by atoms with E-state index in [1.165, 1.54) is 12.8 Å². The highest BCUT2D eigenvalue weighted by Crippen LogP contribution is 2.43. The zero-order valence-electron chi connectivity index (χ0n) is 12.2. The Morgan fingerprint density at radius 1 is 1.45 bits per heavy atom. The lowest BCUT2D eigenvalue weighted by Crippen LogP contribution is -2.15. The number of amides is 1. The molecule has 0 heterocycles. The summed E-state index contributed by atoms with van der Waals surface area (Å²) in [7, 11) is 0. The van der Waals surface area contributed by atoms with Crippen LogP contribution in [-0.2, 0) is 4.79 Å². The number of carbonyl (C=O) groups excluding carboxylic acids is 1. The van der Waals surface area contributed by atoms with Crippen LogP contribution >= 0.6 is 0 Å². The molecule has 1 aromatic rings. The van der Waals surface area contributed by atoms with Crippen molar-refractivity contribution in [3.8, 4) is 6.07 Å². The Labute approximate surface area is 121 Å². The van der Waals surface area contributed by atoms with Gasteiger partial charge in [0, 0.05) is 5.92 Å². The number of hydrogen-bond acceptors (Lipinski definition) is 2. The van der Waals surface area contributed by atoms with Crippen LogP contribution < -0.4 is 5.32 Å². The predicted molar refractivity (Wildman–Crippen MR) is 80.1 cm³/mol. The van der Waals surface area contributed by atoms with Crippen LogP contribution in [0.1, 0.15) is 45.1 Å². The first-order valence-corrected chi connectivity index (χ1v) is 7.41. The molecule has 0 bridgehead atoms. The van der Waals surface area contributed by atoms with Crippen molar-refractivity contribution in [2.24, 2.45) is 17.8 Å². The Morgan fingerprint density at radius 2 is 2.20 bits per heavy atom. The Kier molecular flexibility index (Phi) is 4.79. The number of para-hydroxylation sites is 1. The summed E-state index contributed by atoms with van der Waals surface area (Å²) >= 11 is 0. The van der Waals surface area contributed by atoms with Crippen LogP contribution in [0.5, 0.6) is 0 Å². The van der Waals surface area contributed by atoms with Gasteiger partial charge in [-0.05, 0) is 36.8 Å². The summed E-state index contributed by atoms with van der Waals surface area (Å²) in [6.45, 7) is 4.46. The van der Waals surface area contributed by atoms with Gasteiger partial charge in [-0.2, -0.15) is 5.26 Å². The van der Waals surface area contributed by atoms with E-state index in [1.54, 1.807) is 18.2 Å². The van der Waals surface area contributed by atoms with Crippen molar-refractivity contribution in [1.29, 1.82) is 5.26 Å². The smallest absolute Gasteiger partial charge is 0.227 e. The minimum absolute atomic E-state index is 0.0715. The molecule has 3 heteroatoms. The van der Waals surface area contributed by atoms with Gasteiger partial charge in [0.05, 0.1) is 11.3 Å². The molecule has 0 radical (unpaired) electrons. The van der Waals surface area contributed by atoms with Gasteiger partial charge in [-0.25, -0.2) is 0 Å². The Morgan fingerprint density at radius 3 is 2.90 bits per heavy atom. The highest BCUT2D eigenvalue weighted by atomic mass is 16.2. The third kappa shape index (κ3) is 3.84. The van der Waals surface area contributed by atoms with Gasteiger partial charge in [0.25, 0.3) is 0 Å². The van der Waals surface area contributed by atoms with E-state index in [0.717, 1.165) is 18.8 Å². The molecule has 0 unspecified atom stereocenters. The quantitative estimate of drug-likeness (QED) is 0.850. The zero-order valence-corrected chi connectivity index (χ0v) is 12.2. The summed E-state index contributed by atoms with van der Waals surface area (Å²) in [5.74, 6) is 1.50. The van der Waals surface area contributed by atoms with Crippen LogP contribution in [0.2, 0.25) is 0 Å². The molecule has 3 nitrogen and oxygen atoms in total. The van der Waals surface area contributed by atoms with Crippen LogP contribution in [0.15, 0.2) is 24.3 Å². The summed E-state index contributed by atoms with van der Waals surface area (Å²) in [5, 5.41) is 11.9. The van der Waals surface area contributed by atoms with E-state index in [0.29, 0.717) is 17.2 Å². The highest BCUT2D eigenvalue weighted by Gasteiger charge is 2.42. The average molecular weight is 270 g/mol. The fraction of sp³-hybridized carbons (Fsp3) is 0.529. The first-order chi connectivity index (χ1) is 9.61. The van der Waals surface area contributed by atoms with Crippen molar-refractivity contribution in [3.63, 3.8) is 0 Å². The van der Waals surface area contributed by atoms with Gasteiger partial charge in [0.15, 0.2) is 0 Å². The van der Waals surface area contributed by atoms with Gasteiger partial charge >= 0.3 is 0 Å². The number of nitrogens with one attached hydrogen (secondary N) is 1. The number of rotatable bonds is 6. The van der Waals surface area contributed by atoms with Crippen molar-refractivity contribution < 1.29 is 4.79 Å². The molecule has 0 aromatic heterocycles. The van der Waals surface area contributed by atoms with Crippen LogP contribution in [0, 0.1) is 29.1 Å². The van der Waals surface area contributed by atoms with Crippen molar-refractivity contribution in [1.82, 2.24) is 0 Å². The van der Waals surface area contributed by atoms with E-state index in [9.17, 15) is 4.79 Å². The maximum atomic E-state index is 12.1. The lowest BCUT2D eigenvalue weighted by atomic mass is 10.0. The average Bonchev–Trinajstić information content (AvgIpc) is 3.18. The molecule has 1 saturated carbocycles. The summed E-state index contributed by atoms with van der Waals surface area (Å²) in [4.78, 5) is 12.1. The van der Waals surface area contributed by atoms with Crippen molar-refractivity contribution in [2.45, 2.75) is 39.5 Å². The topological polar surface area (TPSA) is 52.9 Å². The molecule has 0 aliphatic heterocycles. The van der Waals surface area contributed by atoms with Crippen molar-refractivity contribution in [3.05, 3.63) is 29.8 Å². The molecule has 20 heavy (non-hydrogen) atoms. The maximum Gasteiger partial charge on any atom is 0.227 e. The number of hydrogen-bond donors (Lipinski definition) is 1. The van der Waals surface area contributed by atoms with E-state index in [2.05, 4.69) is 25.2 Å². The van der Waals surface area contributed by atoms with Gasteiger partial charge in [-0.1, -0.05) is 38.8 Å². The van der Waals surface area contributed by atoms with E-state index in [1.807, 2.05) is 6.07 Å². The second-order valence-electron chi connectivity index (χ2n) is 6.07. The van der Waals surface area contributed by atoms with Crippen LogP contribution in [0.3, 0.4) is 0 Å². The van der Waals surface area contributed by atoms with Crippen molar-refractivity contribution >= 4 is 11.6 Å². The fourth-order valence-corrected chi connectivity index (χ4v) is 2.59. The Hall–Kier alpha value is -1.82. The largest absolute Gasteiger partial charge is 0.325 e. The second kappa shape index (κ2) is 6.56. The first-order valence-electron chi connectivity index (χ1n) is 7.41. The maximum absolute atomic E-state index is 12.1. The van der Waals surface area contributed by atoms with Gasteiger partial charge in [-0.3, -0.25) is 4.79 Å². The molecule has 1 amide bonds. The van der Waals surface area contributed by atoms with Gasteiger partial charge in [0.1, 0.15) is 6.07 Å². The van der Waals surface area contributed by atoms with Crippen molar-refractivity contribution in [2.75, 3.05) is 5.32 Å². The molecule has 1 fully saturated rings. The molecule has 2 atom stereocenters. The zero-order chi connectivity index (χ0) is 14.5. The molecule has 106 valence electrons. The van der Waals surface area contributed by atoms with E-state index < -0.39 is 0 Å². The molecular formula is C17H22N2O. The number of anilines is 1. The van der Waals surface area contributed by atoms with Crippen LogP contribution in [-0.4, -0.2) is 5.91 Å². The third-order valence-corrected chi connectivity index (χ3v) is 3.92. The number of nitrogens with zero attached hydrogens (tertiary/aromatic N) is 1. The predicted octanol–water partition coefficient (Wildman–Crippen LogP) is 3.96. The first kappa shape index (κ1) is 14.6. The summed E-state index contributed by atoms with van der Waals surface area (Å²) in [5.41, 5.74) is 1.16. The van der Waals surface area contributed by atoms with Gasteiger partial charge < -0.3 is 5.32 Å².